The summed E-state index contributed by atoms with van der Waals surface area (Å²) in [5.74, 6) is 0.865. The molecule has 3 N–H and O–H groups in total. The second kappa shape index (κ2) is 6.06. The van der Waals surface area contributed by atoms with Crippen molar-refractivity contribution in [3.05, 3.63) is 48.2 Å². The molecule has 0 bridgehead atoms. The van der Waals surface area contributed by atoms with Crippen LogP contribution in [0.3, 0.4) is 0 Å². The lowest BCUT2D eigenvalue weighted by Gasteiger charge is -2.11. The van der Waals surface area contributed by atoms with Crippen LogP contribution < -0.4 is 15.8 Å². The van der Waals surface area contributed by atoms with Crippen LogP contribution >= 0.6 is 0 Å². The Balaban J connectivity index is 2.10. The fourth-order valence-electron chi connectivity index (χ4n) is 1.67. The molecule has 104 valence electrons. The van der Waals surface area contributed by atoms with E-state index in [1.807, 2.05) is 19.9 Å². The molecule has 1 amide bonds. The SMILES string of the molecule is CC(C)Oc1cccc(C(=O)Nc2ccc(N)nc2)c1. The van der Waals surface area contributed by atoms with Gasteiger partial charge in [-0.05, 0) is 44.2 Å². The minimum Gasteiger partial charge on any atom is -0.491 e. The van der Waals surface area contributed by atoms with Crippen LogP contribution in [0.5, 0.6) is 5.75 Å². The van der Waals surface area contributed by atoms with Crippen LogP contribution in [0, 0.1) is 0 Å². The summed E-state index contributed by atoms with van der Waals surface area (Å²) in [5, 5.41) is 2.75. The van der Waals surface area contributed by atoms with Crippen molar-refractivity contribution < 1.29 is 9.53 Å². The standard InChI is InChI=1S/C15H17N3O2/c1-10(2)20-13-5-3-4-11(8-13)15(19)18-12-6-7-14(16)17-9-12/h3-10H,1-2H3,(H2,16,17)(H,18,19). The number of ether oxygens (including phenoxy) is 1. The molecule has 20 heavy (non-hydrogen) atoms. The van der Waals surface area contributed by atoms with Crippen molar-refractivity contribution in [1.82, 2.24) is 4.98 Å². The lowest BCUT2D eigenvalue weighted by Crippen LogP contribution is -2.13. The maximum atomic E-state index is 12.1. The molecule has 1 aromatic carbocycles. The summed E-state index contributed by atoms with van der Waals surface area (Å²) in [4.78, 5) is 16.0. The Morgan fingerprint density at radius 1 is 1.30 bits per heavy atom. The highest BCUT2D eigenvalue weighted by molar-refractivity contribution is 6.04. The Morgan fingerprint density at radius 2 is 2.10 bits per heavy atom. The summed E-state index contributed by atoms with van der Waals surface area (Å²) in [7, 11) is 0. The summed E-state index contributed by atoms with van der Waals surface area (Å²) in [6.07, 6.45) is 1.58. The molecule has 0 fully saturated rings. The van der Waals surface area contributed by atoms with Crippen molar-refractivity contribution in [1.29, 1.82) is 0 Å². The van der Waals surface area contributed by atoms with E-state index < -0.39 is 0 Å². The quantitative estimate of drug-likeness (QED) is 0.896. The number of carbonyl (C=O) groups is 1. The third-order valence-electron chi connectivity index (χ3n) is 2.51. The highest BCUT2D eigenvalue weighted by Crippen LogP contribution is 2.16. The number of hydrogen-bond donors (Lipinski definition) is 2. The molecule has 5 nitrogen and oxygen atoms in total. The van der Waals surface area contributed by atoms with Gasteiger partial charge in [0.25, 0.3) is 5.91 Å². The van der Waals surface area contributed by atoms with E-state index in [0.29, 0.717) is 22.8 Å². The number of anilines is 2. The fourth-order valence-corrected chi connectivity index (χ4v) is 1.67. The van der Waals surface area contributed by atoms with Gasteiger partial charge in [0.2, 0.25) is 0 Å². The second-order valence-electron chi connectivity index (χ2n) is 4.62. The zero-order valence-corrected chi connectivity index (χ0v) is 11.5. The highest BCUT2D eigenvalue weighted by Gasteiger charge is 2.08. The monoisotopic (exact) mass is 271 g/mol. The van der Waals surface area contributed by atoms with Crippen molar-refractivity contribution in [3.63, 3.8) is 0 Å². The zero-order valence-electron chi connectivity index (χ0n) is 11.5. The molecule has 0 saturated carbocycles. The van der Waals surface area contributed by atoms with Crippen LogP contribution in [0.15, 0.2) is 42.6 Å². The molecule has 0 aliphatic heterocycles. The van der Waals surface area contributed by atoms with Gasteiger partial charge in [-0.1, -0.05) is 6.07 Å². The van der Waals surface area contributed by atoms with Gasteiger partial charge < -0.3 is 15.8 Å². The number of nitrogens with zero attached hydrogens (tertiary/aromatic N) is 1. The normalized spacial score (nSPS) is 10.3. The lowest BCUT2D eigenvalue weighted by atomic mass is 10.2. The van der Waals surface area contributed by atoms with Crippen LogP contribution in [0.2, 0.25) is 0 Å². The Hall–Kier alpha value is -2.56. The number of rotatable bonds is 4. The predicted octanol–water partition coefficient (Wildman–Crippen LogP) is 2.70. The van der Waals surface area contributed by atoms with E-state index in [0.717, 1.165) is 0 Å². The van der Waals surface area contributed by atoms with Gasteiger partial charge in [0.1, 0.15) is 11.6 Å². The Kier molecular flexibility index (Phi) is 4.20. The van der Waals surface area contributed by atoms with E-state index in [2.05, 4.69) is 10.3 Å². The van der Waals surface area contributed by atoms with Gasteiger partial charge in [-0.2, -0.15) is 0 Å². The van der Waals surface area contributed by atoms with Crippen molar-refractivity contribution in [3.8, 4) is 5.75 Å². The van der Waals surface area contributed by atoms with Crippen molar-refractivity contribution in [2.24, 2.45) is 0 Å². The number of hydrogen-bond acceptors (Lipinski definition) is 4. The molecule has 0 atom stereocenters. The molecule has 0 aliphatic rings. The van der Waals surface area contributed by atoms with Gasteiger partial charge in [-0.25, -0.2) is 4.98 Å². The van der Waals surface area contributed by atoms with E-state index in [-0.39, 0.29) is 12.0 Å². The van der Waals surface area contributed by atoms with Crippen LogP contribution in [0.25, 0.3) is 0 Å². The maximum absolute atomic E-state index is 12.1. The first kappa shape index (κ1) is 13.9. The number of pyridine rings is 1. The van der Waals surface area contributed by atoms with E-state index in [4.69, 9.17) is 10.5 Å². The molecule has 2 rings (SSSR count). The van der Waals surface area contributed by atoms with Crippen molar-refractivity contribution >= 4 is 17.4 Å². The molecular weight excluding hydrogens is 254 g/mol. The minimum atomic E-state index is -0.217. The van der Waals surface area contributed by atoms with Crippen LogP contribution in [0.1, 0.15) is 24.2 Å². The number of carbonyl (C=O) groups excluding carboxylic acids is 1. The molecule has 0 spiro atoms. The molecule has 1 aromatic heterocycles. The van der Waals surface area contributed by atoms with Gasteiger partial charge in [0, 0.05) is 5.56 Å². The Bertz CT molecular complexity index is 594. The first-order chi connectivity index (χ1) is 9.54. The van der Waals surface area contributed by atoms with Crippen molar-refractivity contribution in [2.45, 2.75) is 20.0 Å². The fraction of sp³-hybridized carbons (Fsp3) is 0.200. The Labute approximate surface area is 117 Å². The van der Waals surface area contributed by atoms with E-state index >= 15 is 0 Å². The third kappa shape index (κ3) is 3.71. The summed E-state index contributed by atoms with van der Waals surface area (Å²) < 4.78 is 5.56. The zero-order chi connectivity index (χ0) is 14.5. The van der Waals surface area contributed by atoms with Gasteiger partial charge in [-0.15, -0.1) is 0 Å². The van der Waals surface area contributed by atoms with Gasteiger partial charge in [0.15, 0.2) is 0 Å². The minimum absolute atomic E-state index is 0.0645. The largest absolute Gasteiger partial charge is 0.491 e. The van der Waals surface area contributed by atoms with Crippen LogP contribution in [0.4, 0.5) is 11.5 Å². The highest BCUT2D eigenvalue weighted by atomic mass is 16.5. The Morgan fingerprint density at radius 3 is 2.75 bits per heavy atom. The third-order valence-corrected chi connectivity index (χ3v) is 2.51. The molecule has 0 radical (unpaired) electrons. The summed E-state index contributed by atoms with van der Waals surface area (Å²) >= 11 is 0. The van der Waals surface area contributed by atoms with Gasteiger partial charge in [-0.3, -0.25) is 4.79 Å². The average molecular weight is 271 g/mol. The molecule has 0 unspecified atom stereocenters. The second-order valence-corrected chi connectivity index (χ2v) is 4.62. The van der Waals surface area contributed by atoms with Crippen LogP contribution in [-0.2, 0) is 0 Å². The molecule has 0 aliphatic carbocycles. The summed E-state index contributed by atoms with van der Waals surface area (Å²) in [6, 6.07) is 10.4. The number of benzene rings is 1. The lowest BCUT2D eigenvalue weighted by molar-refractivity contribution is 0.102. The number of nitrogens with one attached hydrogen (secondary N) is 1. The smallest absolute Gasteiger partial charge is 0.255 e. The van der Waals surface area contributed by atoms with Crippen molar-refractivity contribution in [2.75, 3.05) is 11.1 Å². The van der Waals surface area contributed by atoms with Crippen LogP contribution in [-0.4, -0.2) is 17.0 Å². The van der Waals surface area contributed by atoms with Gasteiger partial charge >= 0.3 is 0 Å². The molecule has 2 aromatic rings. The van der Waals surface area contributed by atoms with Gasteiger partial charge in [0.05, 0.1) is 18.0 Å². The van der Waals surface area contributed by atoms with E-state index in [1.165, 1.54) is 6.20 Å². The van der Waals surface area contributed by atoms with E-state index in [1.54, 1.807) is 30.3 Å². The first-order valence-electron chi connectivity index (χ1n) is 6.34. The number of aromatic nitrogens is 1. The summed E-state index contributed by atoms with van der Waals surface area (Å²) in [5.41, 5.74) is 6.62. The average Bonchev–Trinajstić information content (AvgIpc) is 2.41. The maximum Gasteiger partial charge on any atom is 0.255 e. The van der Waals surface area contributed by atoms with E-state index in [9.17, 15) is 4.79 Å². The molecule has 0 saturated heterocycles. The molecule has 1 heterocycles. The molecular formula is C15H17N3O2. The predicted molar refractivity (Wildman–Crippen MR) is 78.8 cm³/mol. The number of amides is 1. The first-order valence-corrected chi connectivity index (χ1v) is 6.34. The molecule has 5 heteroatoms. The number of nitrogen functional groups attached to an aromatic ring is 1. The topological polar surface area (TPSA) is 77.2 Å². The number of nitrogens with two attached hydrogens (primary N) is 1. The summed E-state index contributed by atoms with van der Waals surface area (Å²) in [6.45, 7) is 3.87.